The van der Waals surface area contributed by atoms with Gasteiger partial charge < -0.3 is 5.11 Å². The van der Waals surface area contributed by atoms with Crippen LogP contribution in [-0.4, -0.2) is 32.7 Å². The van der Waals surface area contributed by atoms with E-state index >= 15 is 0 Å². The van der Waals surface area contributed by atoms with E-state index in [2.05, 4.69) is 34.1 Å². The van der Waals surface area contributed by atoms with Crippen LogP contribution in [0.5, 0.6) is 0 Å². The first-order chi connectivity index (χ1) is 17.8. The third-order valence-corrected chi connectivity index (χ3v) is 7.15. The van der Waals surface area contributed by atoms with Crippen molar-refractivity contribution in [3.8, 4) is 11.1 Å². The zero-order valence-corrected chi connectivity index (χ0v) is 22.2. The molecule has 0 fully saturated rings. The van der Waals surface area contributed by atoms with E-state index in [0.29, 0.717) is 6.42 Å². The Balaban J connectivity index is 1.69. The molecule has 3 aromatic carbocycles. The molecule has 0 saturated heterocycles. The molecular formula is C30H26BrN3O3. The van der Waals surface area contributed by atoms with E-state index in [9.17, 15) is 9.59 Å². The Bertz CT molecular complexity index is 1530. The Hall–Kier alpha value is -3.84. The van der Waals surface area contributed by atoms with Crippen LogP contribution in [0.1, 0.15) is 47.7 Å². The normalized spacial score (nSPS) is 15.2. The Kier molecular flexibility index (Phi) is 6.89. The highest BCUT2D eigenvalue weighted by Crippen LogP contribution is 2.40. The monoisotopic (exact) mass is 555 g/mol. The molecule has 0 aliphatic carbocycles. The van der Waals surface area contributed by atoms with Crippen LogP contribution in [0.2, 0.25) is 0 Å². The second-order valence-electron chi connectivity index (χ2n) is 9.28. The van der Waals surface area contributed by atoms with Crippen molar-refractivity contribution in [3.05, 3.63) is 99.7 Å². The Morgan fingerprint density at radius 2 is 1.70 bits per heavy atom. The van der Waals surface area contributed by atoms with Gasteiger partial charge in [0.1, 0.15) is 0 Å². The molecule has 2 heterocycles. The average Bonchev–Trinajstić information content (AvgIpc) is 3.32. The van der Waals surface area contributed by atoms with Gasteiger partial charge in [0.15, 0.2) is 0 Å². The first kappa shape index (κ1) is 24.8. The summed E-state index contributed by atoms with van der Waals surface area (Å²) in [4.78, 5) is 29.3. The van der Waals surface area contributed by atoms with E-state index in [4.69, 9.17) is 15.2 Å². The molecule has 6 nitrogen and oxygen atoms in total. The Labute approximate surface area is 223 Å². The number of amides is 1. The minimum absolute atomic E-state index is 0.109. The van der Waals surface area contributed by atoms with E-state index < -0.39 is 5.97 Å². The van der Waals surface area contributed by atoms with Gasteiger partial charge in [-0.2, -0.15) is 5.10 Å². The highest BCUT2D eigenvalue weighted by molar-refractivity contribution is 9.10. The average molecular weight is 556 g/mol. The number of aliphatic carboxylic acids is 1. The largest absolute Gasteiger partial charge is 0.481 e. The van der Waals surface area contributed by atoms with E-state index in [1.54, 1.807) is 0 Å². The summed E-state index contributed by atoms with van der Waals surface area (Å²) in [7, 11) is 0. The van der Waals surface area contributed by atoms with Crippen LogP contribution < -0.4 is 0 Å². The molecule has 7 heteroatoms. The Morgan fingerprint density at radius 3 is 2.41 bits per heavy atom. The highest BCUT2D eigenvalue weighted by atomic mass is 79.9. The zero-order valence-electron chi connectivity index (χ0n) is 20.6. The molecule has 5 rings (SSSR count). The fraction of sp³-hybridized carbons (Fsp3) is 0.200. The van der Waals surface area contributed by atoms with Crippen molar-refractivity contribution in [2.45, 2.75) is 39.2 Å². The molecule has 0 spiro atoms. The SMILES string of the molecule is Cc1ccc(C2CC(c3c(C)nc4ccc(Br)cc4c3-c3ccccc3)=NN2C(=O)CCC(=O)O)cc1. The van der Waals surface area contributed by atoms with Crippen LogP contribution in [-0.2, 0) is 9.59 Å². The molecule has 1 unspecified atom stereocenters. The fourth-order valence-electron chi connectivity index (χ4n) is 4.88. The standard InChI is InChI=1S/C30H26BrN3O3/c1-18-8-10-20(11-9-18)26-17-25(33-34(26)27(35)14-15-28(36)37)29-19(2)32-24-13-12-22(31)16-23(24)30(29)21-6-4-3-5-7-21/h3-13,16,26H,14-15,17H2,1-2H3,(H,36,37). The molecule has 1 amide bonds. The summed E-state index contributed by atoms with van der Waals surface area (Å²) in [6.45, 7) is 3.99. The number of carboxylic acids is 1. The van der Waals surface area contributed by atoms with Crippen molar-refractivity contribution >= 4 is 44.4 Å². The number of fused-ring (bicyclic) bond motifs is 1. The van der Waals surface area contributed by atoms with Gasteiger partial charge in [0.25, 0.3) is 0 Å². The molecule has 0 bridgehead atoms. The van der Waals surface area contributed by atoms with Gasteiger partial charge in [0.05, 0.1) is 23.7 Å². The number of hydrogen-bond acceptors (Lipinski definition) is 4. The van der Waals surface area contributed by atoms with Crippen molar-refractivity contribution < 1.29 is 14.7 Å². The van der Waals surface area contributed by atoms with Crippen LogP contribution in [0.4, 0.5) is 0 Å². The lowest BCUT2D eigenvalue weighted by atomic mass is 9.89. The van der Waals surface area contributed by atoms with Crippen LogP contribution in [0.15, 0.2) is 82.4 Å². The summed E-state index contributed by atoms with van der Waals surface area (Å²) in [6, 6.07) is 23.9. The second kappa shape index (κ2) is 10.3. The van der Waals surface area contributed by atoms with Crippen LogP contribution in [0, 0.1) is 13.8 Å². The summed E-state index contributed by atoms with van der Waals surface area (Å²) < 4.78 is 0.949. The quantitative estimate of drug-likeness (QED) is 0.283. The maximum Gasteiger partial charge on any atom is 0.303 e. The van der Waals surface area contributed by atoms with Crippen molar-refractivity contribution in [2.75, 3.05) is 0 Å². The van der Waals surface area contributed by atoms with Crippen molar-refractivity contribution in [2.24, 2.45) is 5.10 Å². The lowest BCUT2D eigenvalue weighted by Gasteiger charge is -2.22. The second-order valence-corrected chi connectivity index (χ2v) is 10.2. The van der Waals surface area contributed by atoms with Gasteiger partial charge in [0, 0.05) is 39.5 Å². The number of benzene rings is 3. The molecule has 1 aromatic heterocycles. The van der Waals surface area contributed by atoms with Crippen LogP contribution in [0.3, 0.4) is 0 Å². The molecule has 1 N–H and O–H groups in total. The lowest BCUT2D eigenvalue weighted by molar-refractivity contribution is -0.141. The number of halogens is 1. The number of pyridine rings is 1. The van der Waals surface area contributed by atoms with Crippen LogP contribution >= 0.6 is 15.9 Å². The molecule has 0 radical (unpaired) electrons. The number of hydrazone groups is 1. The fourth-order valence-corrected chi connectivity index (χ4v) is 5.24. The molecule has 0 saturated carbocycles. The van der Waals surface area contributed by atoms with E-state index in [-0.39, 0.29) is 24.8 Å². The number of nitrogens with zero attached hydrogens (tertiary/aromatic N) is 3. The lowest BCUT2D eigenvalue weighted by Crippen LogP contribution is -2.27. The summed E-state index contributed by atoms with van der Waals surface area (Å²) >= 11 is 3.61. The molecule has 186 valence electrons. The van der Waals surface area contributed by atoms with E-state index in [1.165, 1.54) is 5.01 Å². The predicted octanol–water partition coefficient (Wildman–Crippen LogP) is 6.82. The number of carbonyl (C=O) groups excluding carboxylic acids is 1. The number of aromatic nitrogens is 1. The predicted molar refractivity (Wildman–Crippen MR) is 148 cm³/mol. The maximum atomic E-state index is 13.2. The first-order valence-electron chi connectivity index (χ1n) is 12.2. The minimum Gasteiger partial charge on any atom is -0.481 e. The van der Waals surface area contributed by atoms with Gasteiger partial charge in [-0.25, -0.2) is 5.01 Å². The zero-order chi connectivity index (χ0) is 26.1. The molecule has 4 aromatic rings. The highest BCUT2D eigenvalue weighted by Gasteiger charge is 2.35. The molecule has 1 atom stereocenters. The smallest absolute Gasteiger partial charge is 0.303 e. The van der Waals surface area contributed by atoms with Gasteiger partial charge in [-0.3, -0.25) is 14.6 Å². The number of carbonyl (C=O) groups is 2. The summed E-state index contributed by atoms with van der Waals surface area (Å²) in [5, 5.41) is 16.5. The Morgan fingerprint density at radius 1 is 0.973 bits per heavy atom. The van der Waals surface area contributed by atoms with E-state index in [1.807, 2.05) is 68.4 Å². The van der Waals surface area contributed by atoms with Gasteiger partial charge in [-0.15, -0.1) is 0 Å². The van der Waals surface area contributed by atoms with Crippen molar-refractivity contribution in [1.82, 2.24) is 9.99 Å². The molecule has 1 aliphatic rings. The van der Waals surface area contributed by atoms with Gasteiger partial charge in [-0.1, -0.05) is 76.1 Å². The number of rotatable bonds is 6. The van der Waals surface area contributed by atoms with Gasteiger partial charge >= 0.3 is 5.97 Å². The van der Waals surface area contributed by atoms with E-state index in [0.717, 1.165) is 54.6 Å². The third-order valence-electron chi connectivity index (χ3n) is 6.66. The number of aryl methyl sites for hydroxylation is 2. The topological polar surface area (TPSA) is 82.9 Å². The van der Waals surface area contributed by atoms with Gasteiger partial charge in [0.2, 0.25) is 5.91 Å². The summed E-state index contributed by atoms with van der Waals surface area (Å²) in [5.41, 5.74) is 7.52. The molecular weight excluding hydrogens is 530 g/mol. The molecule has 1 aliphatic heterocycles. The number of carboxylic acid groups (broad SMARTS) is 1. The first-order valence-corrected chi connectivity index (χ1v) is 12.9. The summed E-state index contributed by atoms with van der Waals surface area (Å²) in [5.74, 6) is -1.31. The van der Waals surface area contributed by atoms with Crippen molar-refractivity contribution in [3.63, 3.8) is 0 Å². The minimum atomic E-state index is -1.00. The van der Waals surface area contributed by atoms with Crippen molar-refractivity contribution in [1.29, 1.82) is 0 Å². The molecule has 37 heavy (non-hydrogen) atoms. The van der Waals surface area contributed by atoms with Gasteiger partial charge in [-0.05, 0) is 43.2 Å². The third kappa shape index (κ3) is 5.04. The summed E-state index contributed by atoms with van der Waals surface area (Å²) in [6.07, 6.45) is 0.159. The van der Waals surface area contributed by atoms with Crippen LogP contribution in [0.25, 0.3) is 22.0 Å². The number of hydrogen-bond donors (Lipinski definition) is 1. The maximum absolute atomic E-state index is 13.2.